The molecule has 5 rings (SSSR count). The van der Waals surface area contributed by atoms with Gasteiger partial charge in [0.2, 0.25) is 5.91 Å². The minimum absolute atomic E-state index is 0.00403. The van der Waals surface area contributed by atoms with Crippen LogP contribution in [0.25, 0.3) is 0 Å². The lowest BCUT2D eigenvalue weighted by Crippen LogP contribution is -2.57. The van der Waals surface area contributed by atoms with Crippen molar-refractivity contribution in [2.45, 2.75) is 95.5 Å². The molecule has 3 atom stereocenters. The van der Waals surface area contributed by atoms with E-state index in [0.717, 1.165) is 43.7 Å². The predicted octanol–water partition coefficient (Wildman–Crippen LogP) is 4.41. The highest BCUT2D eigenvalue weighted by molar-refractivity contribution is 6.01. The molecule has 8 heteroatoms. The zero-order chi connectivity index (χ0) is 28.4. The second-order valence-electron chi connectivity index (χ2n) is 12.4. The van der Waals surface area contributed by atoms with Gasteiger partial charge in [0.1, 0.15) is 23.5 Å². The van der Waals surface area contributed by atoms with Gasteiger partial charge in [0.25, 0.3) is 5.91 Å². The largest absolute Gasteiger partial charge is 0.489 e. The molecule has 0 unspecified atom stereocenters. The molecule has 0 bridgehead atoms. The Kier molecular flexibility index (Phi) is 8.17. The number of benzene rings is 2. The summed E-state index contributed by atoms with van der Waals surface area (Å²) in [4.78, 5) is 41.8. The van der Waals surface area contributed by atoms with Crippen LogP contribution in [0.2, 0.25) is 0 Å². The normalized spacial score (nSPS) is 22.4. The third-order valence-electron chi connectivity index (χ3n) is 8.26. The molecule has 2 N–H and O–H groups in total. The van der Waals surface area contributed by atoms with E-state index in [1.165, 1.54) is 16.9 Å². The summed E-state index contributed by atoms with van der Waals surface area (Å²) in [5, 5.41) is 0. The lowest BCUT2D eigenvalue weighted by Gasteiger charge is -2.48. The molecule has 8 nitrogen and oxygen atoms in total. The Bertz CT molecular complexity index is 1230. The van der Waals surface area contributed by atoms with Gasteiger partial charge < -0.3 is 20.1 Å². The first-order valence-electron chi connectivity index (χ1n) is 14.5. The van der Waals surface area contributed by atoms with Crippen molar-refractivity contribution in [3.8, 4) is 5.75 Å². The van der Waals surface area contributed by atoms with Crippen molar-refractivity contribution in [2.24, 2.45) is 5.73 Å². The number of rotatable bonds is 9. The van der Waals surface area contributed by atoms with E-state index in [2.05, 4.69) is 35.2 Å². The molecule has 0 aromatic heterocycles. The van der Waals surface area contributed by atoms with Crippen molar-refractivity contribution in [3.63, 3.8) is 0 Å². The molecule has 214 valence electrons. The Morgan fingerprint density at radius 1 is 1.05 bits per heavy atom. The molecule has 1 saturated carbocycles. The second-order valence-corrected chi connectivity index (χ2v) is 12.4. The highest BCUT2D eigenvalue weighted by Crippen LogP contribution is 2.36. The van der Waals surface area contributed by atoms with E-state index in [0.29, 0.717) is 17.5 Å². The number of hydrogen-bond donors (Lipinski definition) is 1. The average Bonchev–Trinajstić information content (AvgIpc) is 3.19. The summed E-state index contributed by atoms with van der Waals surface area (Å²) in [6, 6.07) is 15.8. The fourth-order valence-electron chi connectivity index (χ4n) is 6.27. The minimum Gasteiger partial charge on any atom is -0.489 e. The van der Waals surface area contributed by atoms with Crippen molar-refractivity contribution in [3.05, 3.63) is 65.2 Å². The summed E-state index contributed by atoms with van der Waals surface area (Å²) < 4.78 is 11.9. The van der Waals surface area contributed by atoms with E-state index in [1.54, 1.807) is 26.8 Å². The molecule has 2 fully saturated rings. The van der Waals surface area contributed by atoms with Crippen molar-refractivity contribution in [1.82, 2.24) is 9.80 Å². The third kappa shape index (κ3) is 6.33. The first-order chi connectivity index (χ1) is 19.1. The highest BCUT2D eigenvalue weighted by Gasteiger charge is 2.40. The number of fused-ring (bicyclic) bond motifs is 1. The van der Waals surface area contributed by atoms with Crippen LogP contribution in [0.1, 0.15) is 86.7 Å². The Labute approximate surface area is 236 Å². The number of primary amides is 1. The first-order valence-corrected chi connectivity index (χ1v) is 14.5. The van der Waals surface area contributed by atoms with Gasteiger partial charge in [0.15, 0.2) is 0 Å². The van der Waals surface area contributed by atoms with Gasteiger partial charge in [0, 0.05) is 43.6 Å². The molecular weight excluding hydrogens is 506 g/mol. The molecule has 2 amide bonds. The quantitative estimate of drug-likeness (QED) is 0.467. The van der Waals surface area contributed by atoms with Crippen LogP contribution >= 0.6 is 0 Å². The van der Waals surface area contributed by atoms with E-state index >= 15 is 0 Å². The maximum Gasteiger partial charge on any atom is 0.306 e. The fourth-order valence-corrected chi connectivity index (χ4v) is 6.27. The average molecular weight is 548 g/mol. The molecule has 0 spiro atoms. The molecule has 2 aliphatic heterocycles. The SMILES string of the molecule is CC(C)(C)OC(=O)CC[C@@H](C(N)=O)N1Cc2cc(O[C@H]3CCCC[C@@H]3N3CC(c4ccccc4)C3)ccc2C1=O. The first kappa shape index (κ1) is 28.1. The summed E-state index contributed by atoms with van der Waals surface area (Å²) in [5.74, 6) is 0.0224. The number of carbonyl (C=O) groups is 3. The Hall–Kier alpha value is -3.39. The standard InChI is InChI=1S/C32H41N3O5/c1-32(2,3)40-29(36)16-15-27(30(33)37)35-20-22-17-24(13-14-25(22)31(35)38)39-28-12-8-7-11-26(28)34-18-23(19-34)21-9-5-4-6-10-21/h4-6,9-10,13-14,17,23,26-28H,7-8,11-12,15-16,18-20H2,1-3H3,(H2,33,37)/t26-,27-,28-/m0/s1. The number of amides is 2. The van der Waals surface area contributed by atoms with Gasteiger partial charge in [-0.1, -0.05) is 36.8 Å². The lowest BCUT2D eigenvalue weighted by atomic mass is 9.84. The van der Waals surface area contributed by atoms with Gasteiger partial charge in [0.05, 0.1) is 0 Å². The topological polar surface area (TPSA) is 102 Å². The van der Waals surface area contributed by atoms with Gasteiger partial charge >= 0.3 is 5.97 Å². The van der Waals surface area contributed by atoms with E-state index < -0.39 is 23.5 Å². The van der Waals surface area contributed by atoms with E-state index in [-0.39, 0.29) is 31.4 Å². The number of carbonyl (C=O) groups excluding carboxylic acids is 3. The Balaban J connectivity index is 1.22. The Morgan fingerprint density at radius 3 is 2.48 bits per heavy atom. The van der Waals surface area contributed by atoms with E-state index in [9.17, 15) is 14.4 Å². The van der Waals surface area contributed by atoms with Crippen molar-refractivity contribution >= 4 is 17.8 Å². The smallest absolute Gasteiger partial charge is 0.306 e. The highest BCUT2D eigenvalue weighted by atomic mass is 16.6. The van der Waals surface area contributed by atoms with Crippen LogP contribution in [0.5, 0.6) is 5.75 Å². The summed E-state index contributed by atoms with van der Waals surface area (Å²) >= 11 is 0. The lowest BCUT2D eigenvalue weighted by molar-refractivity contribution is -0.155. The Morgan fingerprint density at radius 2 is 1.77 bits per heavy atom. The predicted molar refractivity (Wildman–Crippen MR) is 152 cm³/mol. The zero-order valence-corrected chi connectivity index (χ0v) is 23.8. The second kappa shape index (κ2) is 11.6. The molecule has 40 heavy (non-hydrogen) atoms. The van der Waals surface area contributed by atoms with Gasteiger partial charge in [-0.05, 0) is 75.8 Å². The van der Waals surface area contributed by atoms with Crippen LogP contribution in [0.4, 0.5) is 0 Å². The monoisotopic (exact) mass is 547 g/mol. The van der Waals surface area contributed by atoms with Crippen LogP contribution in [0.3, 0.4) is 0 Å². The molecule has 2 heterocycles. The van der Waals surface area contributed by atoms with Gasteiger partial charge in [-0.15, -0.1) is 0 Å². The summed E-state index contributed by atoms with van der Waals surface area (Å²) in [7, 11) is 0. The van der Waals surface area contributed by atoms with Crippen molar-refractivity contribution < 1.29 is 23.9 Å². The third-order valence-corrected chi connectivity index (χ3v) is 8.26. The molecule has 2 aromatic rings. The summed E-state index contributed by atoms with van der Waals surface area (Å²) in [6.07, 6.45) is 4.72. The van der Waals surface area contributed by atoms with E-state index in [4.69, 9.17) is 15.2 Å². The number of esters is 1. The number of likely N-dealkylation sites (tertiary alicyclic amines) is 1. The van der Waals surface area contributed by atoms with Crippen LogP contribution in [0, 0.1) is 0 Å². The van der Waals surface area contributed by atoms with Crippen LogP contribution in [-0.2, 0) is 20.9 Å². The maximum absolute atomic E-state index is 13.2. The molecule has 3 aliphatic rings. The number of ether oxygens (including phenoxy) is 2. The van der Waals surface area contributed by atoms with Gasteiger partial charge in [-0.3, -0.25) is 19.3 Å². The number of nitrogens with two attached hydrogens (primary N) is 1. The molecule has 2 aromatic carbocycles. The maximum atomic E-state index is 13.2. The number of nitrogens with zero attached hydrogens (tertiary/aromatic N) is 2. The zero-order valence-electron chi connectivity index (χ0n) is 23.8. The van der Waals surface area contributed by atoms with Crippen LogP contribution < -0.4 is 10.5 Å². The summed E-state index contributed by atoms with van der Waals surface area (Å²) in [6.45, 7) is 7.73. The molecule has 0 radical (unpaired) electrons. The molecular formula is C32H41N3O5. The summed E-state index contributed by atoms with van der Waals surface area (Å²) in [5.41, 5.74) is 7.82. The fraction of sp³-hybridized carbons (Fsp3) is 0.531. The van der Waals surface area contributed by atoms with Crippen molar-refractivity contribution in [2.75, 3.05) is 13.1 Å². The van der Waals surface area contributed by atoms with E-state index in [1.807, 2.05) is 12.1 Å². The van der Waals surface area contributed by atoms with Crippen LogP contribution in [-0.4, -0.2) is 64.5 Å². The van der Waals surface area contributed by atoms with Gasteiger partial charge in [-0.25, -0.2) is 0 Å². The van der Waals surface area contributed by atoms with Gasteiger partial charge in [-0.2, -0.15) is 0 Å². The van der Waals surface area contributed by atoms with Crippen LogP contribution in [0.15, 0.2) is 48.5 Å². The molecule has 1 saturated heterocycles. The molecule has 1 aliphatic carbocycles. The minimum atomic E-state index is -0.886. The number of hydrogen-bond acceptors (Lipinski definition) is 6. The van der Waals surface area contributed by atoms with Crippen molar-refractivity contribution in [1.29, 1.82) is 0 Å².